The summed E-state index contributed by atoms with van der Waals surface area (Å²) in [5, 5.41) is 10.2. The standard InChI is InChI=1S/C25H25NO4.C2H6/c1-5-21-12-20-9-18(10-22(16(3)4)25(20)30-21)15-29-23-11-17(14-26)7-8-19(23)13-24(27)28-6-2;1-2/h7-12H,3,5-6,13,15H2,1-2,4H3;1-2H3. The van der Waals surface area contributed by atoms with Crippen molar-refractivity contribution in [1.82, 2.24) is 0 Å². The fourth-order valence-corrected chi connectivity index (χ4v) is 3.28. The molecule has 0 radical (unpaired) electrons. The van der Waals surface area contributed by atoms with E-state index < -0.39 is 0 Å². The van der Waals surface area contributed by atoms with Crippen LogP contribution in [0.4, 0.5) is 0 Å². The fraction of sp³-hybridized carbons (Fsp3) is 0.333. The molecule has 0 amide bonds. The number of hydrogen-bond acceptors (Lipinski definition) is 5. The van der Waals surface area contributed by atoms with Crippen molar-refractivity contribution in [3.05, 3.63) is 71.0 Å². The molecule has 5 nitrogen and oxygen atoms in total. The van der Waals surface area contributed by atoms with E-state index in [2.05, 4.69) is 19.6 Å². The smallest absolute Gasteiger partial charge is 0.310 e. The third-order valence-electron chi connectivity index (χ3n) is 4.77. The van der Waals surface area contributed by atoms with Crippen molar-refractivity contribution in [2.24, 2.45) is 0 Å². The zero-order valence-electron chi connectivity index (χ0n) is 19.6. The van der Waals surface area contributed by atoms with Gasteiger partial charge in [0.05, 0.1) is 24.7 Å². The first-order valence-electron chi connectivity index (χ1n) is 11.0. The summed E-state index contributed by atoms with van der Waals surface area (Å²) in [4.78, 5) is 11.9. The van der Waals surface area contributed by atoms with Gasteiger partial charge in [-0.1, -0.05) is 33.4 Å². The van der Waals surface area contributed by atoms with Crippen molar-refractivity contribution in [2.75, 3.05) is 6.61 Å². The molecule has 0 unspecified atom stereocenters. The summed E-state index contributed by atoms with van der Waals surface area (Å²) in [6, 6.07) is 13.2. The van der Waals surface area contributed by atoms with E-state index in [1.165, 1.54) is 0 Å². The van der Waals surface area contributed by atoms with E-state index in [1.807, 2.05) is 39.0 Å². The molecule has 1 heterocycles. The van der Waals surface area contributed by atoms with Crippen molar-refractivity contribution in [1.29, 1.82) is 5.26 Å². The van der Waals surface area contributed by atoms with Crippen molar-refractivity contribution in [3.63, 3.8) is 0 Å². The maximum absolute atomic E-state index is 11.9. The molecule has 0 atom stereocenters. The second-order valence-electron chi connectivity index (χ2n) is 7.11. The van der Waals surface area contributed by atoms with Gasteiger partial charge in [0.1, 0.15) is 23.7 Å². The summed E-state index contributed by atoms with van der Waals surface area (Å²) in [6.07, 6.45) is 0.904. The largest absolute Gasteiger partial charge is 0.489 e. The zero-order valence-corrected chi connectivity index (χ0v) is 19.6. The Labute approximate surface area is 190 Å². The Morgan fingerprint density at radius 1 is 1.16 bits per heavy atom. The van der Waals surface area contributed by atoms with E-state index in [4.69, 9.17) is 13.9 Å². The third kappa shape index (κ3) is 6.01. The molecule has 32 heavy (non-hydrogen) atoms. The average molecular weight is 434 g/mol. The summed E-state index contributed by atoms with van der Waals surface area (Å²) >= 11 is 0. The van der Waals surface area contributed by atoms with Crippen LogP contribution in [0.15, 0.2) is 47.4 Å². The van der Waals surface area contributed by atoms with Gasteiger partial charge in [0.2, 0.25) is 0 Å². The van der Waals surface area contributed by atoms with Gasteiger partial charge in [0, 0.05) is 22.9 Å². The van der Waals surface area contributed by atoms with Crippen LogP contribution >= 0.6 is 0 Å². The number of furan rings is 1. The lowest BCUT2D eigenvalue weighted by atomic mass is 10.0. The molecule has 0 N–H and O–H groups in total. The van der Waals surface area contributed by atoms with Gasteiger partial charge in [-0.05, 0) is 55.3 Å². The number of benzene rings is 2. The summed E-state index contributed by atoms with van der Waals surface area (Å²) in [7, 11) is 0. The Morgan fingerprint density at radius 2 is 1.91 bits per heavy atom. The number of rotatable bonds is 8. The molecule has 1 aromatic heterocycles. The number of nitriles is 1. The monoisotopic (exact) mass is 433 g/mol. The number of fused-ring (bicyclic) bond motifs is 1. The Hall–Kier alpha value is -3.52. The number of ether oxygens (including phenoxy) is 2. The van der Waals surface area contributed by atoms with E-state index in [-0.39, 0.29) is 19.0 Å². The summed E-state index contributed by atoms with van der Waals surface area (Å²) in [5.74, 6) is 1.09. The number of nitrogens with zero attached hydrogens (tertiary/aromatic N) is 1. The second-order valence-corrected chi connectivity index (χ2v) is 7.11. The Morgan fingerprint density at radius 3 is 2.53 bits per heavy atom. The van der Waals surface area contributed by atoms with Crippen LogP contribution in [0.3, 0.4) is 0 Å². The lowest BCUT2D eigenvalue weighted by molar-refractivity contribution is -0.142. The minimum atomic E-state index is -0.330. The topological polar surface area (TPSA) is 72.5 Å². The molecule has 0 spiro atoms. The minimum Gasteiger partial charge on any atom is -0.489 e. The normalized spacial score (nSPS) is 10.1. The van der Waals surface area contributed by atoms with Crippen LogP contribution in [0.25, 0.3) is 16.5 Å². The van der Waals surface area contributed by atoms with Gasteiger partial charge in [-0.3, -0.25) is 4.79 Å². The Kier molecular flexibility index (Phi) is 9.09. The van der Waals surface area contributed by atoms with Crippen LogP contribution in [0.1, 0.15) is 62.6 Å². The van der Waals surface area contributed by atoms with Crippen LogP contribution < -0.4 is 4.74 Å². The van der Waals surface area contributed by atoms with Crippen molar-refractivity contribution in [2.45, 2.75) is 54.1 Å². The molecule has 0 fully saturated rings. The number of hydrogen-bond donors (Lipinski definition) is 0. The molecule has 3 aromatic rings. The van der Waals surface area contributed by atoms with Gasteiger partial charge in [0.15, 0.2) is 0 Å². The molecule has 0 saturated heterocycles. The summed E-state index contributed by atoms with van der Waals surface area (Å²) in [5.41, 5.74) is 4.80. The minimum absolute atomic E-state index is 0.0898. The van der Waals surface area contributed by atoms with Crippen LogP contribution in [-0.4, -0.2) is 12.6 Å². The quantitative estimate of drug-likeness (QED) is 0.374. The van der Waals surface area contributed by atoms with E-state index >= 15 is 0 Å². The van der Waals surface area contributed by atoms with Crippen LogP contribution in [0.2, 0.25) is 0 Å². The van der Waals surface area contributed by atoms with E-state index in [0.717, 1.165) is 39.9 Å². The summed E-state index contributed by atoms with van der Waals surface area (Å²) < 4.78 is 17.0. The molecule has 0 aliphatic rings. The first-order chi connectivity index (χ1) is 15.4. The highest BCUT2D eigenvalue weighted by Crippen LogP contribution is 2.30. The lowest BCUT2D eigenvalue weighted by Crippen LogP contribution is -2.09. The van der Waals surface area contributed by atoms with Gasteiger partial charge < -0.3 is 13.9 Å². The zero-order chi connectivity index (χ0) is 23.7. The maximum atomic E-state index is 11.9. The predicted molar refractivity (Wildman–Crippen MR) is 127 cm³/mol. The summed E-state index contributed by atoms with van der Waals surface area (Å²) in [6.45, 7) is 14.4. The molecule has 0 aliphatic carbocycles. The van der Waals surface area contributed by atoms with Crippen molar-refractivity contribution >= 4 is 22.5 Å². The highest BCUT2D eigenvalue weighted by Gasteiger charge is 2.14. The van der Waals surface area contributed by atoms with Gasteiger partial charge in [-0.2, -0.15) is 5.26 Å². The molecule has 2 aromatic carbocycles. The highest BCUT2D eigenvalue weighted by atomic mass is 16.5. The van der Waals surface area contributed by atoms with Crippen LogP contribution in [-0.2, 0) is 29.0 Å². The molecule has 5 heteroatoms. The first-order valence-corrected chi connectivity index (χ1v) is 11.0. The molecular formula is C27H31NO4. The molecule has 168 valence electrons. The number of aryl methyl sites for hydroxylation is 1. The number of allylic oxidation sites excluding steroid dienone is 1. The predicted octanol–water partition coefficient (Wildman–Crippen LogP) is 6.61. The second kappa shape index (κ2) is 11.8. The van der Waals surface area contributed by atoms with E-state index in [1.54, 1.807) is 25.1 Å². The van der Waals surface area contributed by atoms with Crippen molar-refractivity contribution in [3.8, 4) is 11.8 Å². The SMILES string of the molecule is C=C(C)c1cc(COc2cc(C#N)ccc2CC(=O)OCC)cc2cc(CC)oc12.CC. The maximum Gasteiger partial charge on any atom is 0.310 e. The van der Waals surface area contributed by atoms with Gasteiger partial charge >= 0.3 is 5.97 Å². The third-order valence-corrected chi connectivity index (χ3v) is 4.77. The highest BCUT2D eigenvalue weighted by molar-refractivity contribution is 5.90. The number of carbonyl (C=O) groups is 1. The lowest BCUT2D eigenvalue weighted by Gasteiger charge is -2.13. The van der Waals surface area contributed by atoms with Gasteiger partial charge in [-0.25, -0.2) is 0 Å². The molecule has 0 bridgehead atoms. The molecule has 0 aliphatic heterocycles. The van der Waals surface area contributed by atoms with Gasteiger partial charge in [0.25, 0.3) is 0 Å². The average Bonchev–Trinajstić information content (AvgIpc) is 3.22. The Bertz CT molecular complexity index is 1130. The van der Waals surface area contributed by atoms with E-state index in [0.29, 0.717) is 23.5 Å². The van der Waals surface area contributed by atoms with Gasteiger partial charge in [-0.15, -0.1) is 0 Å². The van der Waals surface area contributed by atoms with Crippen LogP contribution in [0.5, 0.6) is 5.75 Å². The number of esters is 1. The Balaban J connectivity index is 0.00000176. The van der Waals surface area contributed by atoms with Crippen molar-refractivity contribution < 1.29 is 18.7 Å². The first kappa shape index (κ1) is 24.7. The molecular weight excluding hydrogens is 402 g/mol. The molecule has 3 rings (SSSR count). The number of carbonyl (C=O) groups excluding carboxylic acids is 1. The van der Waals surface area contributed by atoms with E-state index in [9.17, 15) is 10.1 Å². The fourth-order valence-electron chi connectivity index (χ4n) is 3.28. The van der Waals surface area contributed by atoms with Crippen LogP contribution in [0, 0.1) is 11.3 Å². The molecule has 0 saturated carbocycles.